The van der Waals surface area contributed by atoms with Gasteiger partial charge in [0, 0.05) is 5.02 Å². The van der Waals surface area contributed by atoms with E-state index in [4.69, 9.17) is 22.1 Å². The summed E-state index contributed by atoms with van der Waals surface area (Å²) in [5.74, 6) is 0.865. The molecule has 0 radical (unpaired) electrons. The standard InChI is InChI=1S/C22H20ClN3O3/c23-16-12-10-15(11-13-16)19(26-22(24)28)14-21(27)25-18-8-4-5-9-20(18)29-17-6-2-1-3-7-17/h1-13,19H,14H2,(H,25,27)(H3,24,26,28)/t19-/m1/s1. The second-order valence-electron chi connectivity index (χ2n) is 6.28. The molecule has 0 aromatic heterocycles. The molecule has 3 rings (SSSR count). The number of halogens is 1. The highest BCUT2D eigenvalue weighted by Gasteiger charge is 2.18. The van der Waals surface area contributed by atoms with Gasteiger partial charge >= 0.3 is 6.03 Å². The molecule has 3 amide bonds. The summed E-state index contributed by atoms with van der Waals surface area (Å²) >= 11 is 5.91. The quantitative estimate of drug-likeness (QED) is 0.519. The van der Waals surface area contributed by atoms with Gasteiger partial charge in [0.2, 0.25) is 5.91 Å². The van der Waals surface area contributed by atoms with Crippen LogP contribution in [-0.4, -0.2) is 11.9 Å². The predicted molar refractivity (Wildman–Crippen MR) is 113 cm³/mol. The van der Waals surface area contributed by atoms with E-state index in [9.17, 15) is 9.59 Å². The maximum Gasteiger partial charge on any atom is 0.312 e. The van der Waals surface area contributed by atoms with Gasteiger partial charge in [0.25, 0.3) is 0 Å². The number of carbonyl (C=O) groups excluding carboxylic acids is 2. The van der Waals surface area contributed by atoms with E-state index < -0.39 is 12.1 Å². The number of ether oxygens (including phenoxy) is 1. The van der Waals surface area contributed by atoms with Crippen LogP contribution in [0.4, 0.5) is 10.5 Å². The normalized spacial score (nSPS) is 11.3. The lowest BCUT2D eigenvalue weighted by atomic mass is 10.0. The summed E-state index contributed by atoms with van der Waals surface area (Å²) in [5.41, 5.74) is 6.51. The Labute approximate surface area is 173 Å². The molecule has 0 unspecified atom stereocenters. The zero-order valence-corrected chi connectivity index (χ0v) is 16.2. The molecular formula is C22H20ClN3O3. The maximum absolute atomic E-state index is 12.7. The zero-order chi connectivity index (χ0) is 20.6. The average Bonchev–Trinajstić information content (AvgIpc) is 2.70. The highest BCUT2D eigenvalue weighted by atomic mass is 35.5. The van der Waals surface area contributed by atoms with Gasteiger partial charge in [-0.05, 0) is 42.0 Å². The van der Waals surface area contributed by atoms with Crippen molar-refractivity contribution in [3.8, 4) is 11.5 Å². The van der Waals surface area contributed by atoms with Crippen LogP contribution in [0.25, 0.3) is 0 Å². The predicted octanol–water partition coefficient (Wildman–Crippen LogP) is 4.87. The molecule has 0 saturated heterocycles. The second-order valence-corrected chi connectivity index (χ2v) is 6.71. The van der Waals surface area contributed by atoms with Crippen LogP contribution < -0.4 is 21.1 Å². The number of nitrogens with two attached hydrogens (primary N) is 1. The largest absolute Gasteiger partial charge is 0.455 e. The monoisotopic (exact) mass is 409 g/mol. The maximum atomic E-state index is 12.7. The Balaban J connectivity index is 1.73. The van der Waals surface area contributed by atoms with Crippen LogP contribution in [0.1, 0.15) is 18.0 Å². The van der Waals surface area contributed by atoms with Crippen LogP contribution in [0, 0.1) is 0 Å². The molecule has 29 heavy (non-hydrogen) atoms. The van der Waals surface area contributed by atoms with Crippen molar-refractivity contribution in [2.45, 2.75) is 12.5 Å². The molecule has 0 fully saturated rings. The molecule has 4 N–H and O–H groups in total. The molecule has 148 valence electrons. The van der Waals surface area contributed by atoms with Crippen LogP contribution in [0.15, 0.2) is 78.9 Å². The first-order valence-corrected chi connectivity index (χ1v) is 9.32. The first kappa shape index (κ1) is 20.2. The Morgan fingerprint density at radius 1 is 0.931 bits per heavy atom. The number of anilines is 1. The summed E-state index contributed by atoms with van der Waals surface area (Å²) in [6.45, 7) is 0. The lowest BCUT2D eigenvalue weighted by Crippen LogP contribution is -2.35. The summed E-state index contributed by atoms with van der Waals surface area (Å²) < 4.78 is 5.86. The highest BCUT2D eigenvalue weighted by Crippen LogP contribution is 2.29. The van der Waals surface area contributed by atoms with Gasteiger partial charge in [0.1, 0.15) is 5.75 Å². The summed E-state index contributed by atoms with van der Waals surface area (Å²) in [4.78, 5) is 24.0. The van der Waals surface area contributed by atoms with E-state index in [0.29, 0.717) is 22.2 Å². The molecule has 0 bridgehead atoms. The molecule has 0 aliphatic rings. The number of hydrogen-bond acceptors (Lipinski definition) is 3. The third-order valence-corrected chi connectivity index (χ3v) is 4.36. The van der Waals surface area contributed by atoms with Gasteiger partial charge < -0.3 is 21.1 Å². The first-order chi connectivity index (χ1) is 14.0. The first-order valence-electron chi connectivity index (χ1n) is 8.94. The third kappa shape index (κ3) is 5.99. The molecule has 7 heteroatoms. The number of hydrogen-bond donors (Lipinski definition) is 3. The Morgan fingerprint density at radius 2 is 1.59 bits per heavy atom. The number of para-hydroxylation sites is 3. The van der Waals surface area contributed by atoms with Crippen molar-refractivity contribution in [3.63, 3.8) is 0 Å². The van der Waals surface area contributed by atoms with Gasteiger partial charge in [0.15, 0.2) is 5.75 Å². The Morgan fingerprint density at radius 3 is 2.28 bits per heavy atom. The van der Waals surface area contributed by atoms with Gasteiger partial charge in [-0.15, -0.1) is 0 Å². The lowest BCUT2D eigenvalue weighted by molar-refractivity contribution is -0.116. The van der Waals surface area contributed by atoms with Crippen LogP contribution >= 0.6 is 11.6 Å². The molecule has 3 aromatic carbocycles. The fourth-order valence-corrected chi connectivity index (χ4v) is 2.91. The van der Waals surface area contributed by atoms with Crippen LogP contribution in [0.2, 0.25) is 5.02 Å². The van der Waals surface area contributed by atoms with Crippen molar-refractivity contribution in [2.75, 3.05) is 5.32 Å². The molecule has 3 aromatic rings. The van der Waals surface area contributed by atoms with Gasteiger partial charge in [-0.3, -0.25) is 4.79 Å². The minimum absolute atomic E-state index is 0.00968. The van der Waals surface area contributed by atoms with E-state index in [1.807, 2.05) is 36.4 Å². The third-order valence-electron chi connectivity index (χ3n) is 4.11. The summed E-state index contributed by atoms with van der Waals surface area (Å²) in [6.07, 6.45) is -0.00968. The molecule has 0 saturated carbocycles. The number of nitrogens with one attached hydrogen (secondary N) is 2. The van der Waals surface area contributed by atoms with E-state index in [0.717, 1.165) is 5.56 Å². The van der Waals surface area contributed by atoms with Gasteiger partial charge in [0.05, 0.1) is 18.2 Å². The van der Waals surface area contributed by atoms with Crippen molar-refractivity contribution >= 4 is 29.2 Å². The van der Waals surface area contributed by atoms with Crippen molar-refractivity contribution in [1.82, 2.24) is 5.32 Å². The zero-order valence-electron chi connectivity index (χ0n) is 15.5. The van der Waals surface area contributed by atoms with Crippen LogP contribution in [0.5, 0.6) is 11.5 Å². The van der Waals surface area contributed by atoms with E-state index in [2.05, 4.69) is 10.6 Å². The summed E-state index contributed by atoms with van der Waals surface area (Å²) in [6, 6.07) is 21.9. The number of carbonyl (C=O) groups is 2. The van der Waals surface area contributed by atoms with Crippen molar-refractivity contribution < 1.29 is 14.3 Å². The Hall–Kier alpha value is -3.51. The average molecular weight is 410 g/mol. The highest BCUT2D eigenvalue weighted by molar-refractivity contribution is 6.30. The van der Waals surface area contributed by atoms with Gasteiger partial charge in [-0.1, -0.05) is 54.1 Å². The smallest absolute Gasteiger partial charge is 0.312 e. The van der Waals surface area contributed by atoms with E-state index in [1.54, 1.807) is 42.5 Å². The van der Waals surface area contributed by atoms with Crippen LogP contribution in [0.3, 0.4) is 0 Å². The number of primary amides is 1. The molecular weight excluding hydrogens is 390 g/mol. The number of urea groups is 1. The second kappa shape index (κ2) is 9.61. The van der Waals surface area contributed by atoms with E-state index in [1.165, 1.54) is 0 Å². The van der Waals surface area contributed by atoms with Crippen molar-refractivity contribution in [2.24, 2.45) is 5.73 Å². The number of benzene rings is 3. The summed E-state index contributed by atoms with van der Waals surface area (Å²) in [5, 5.41) is 5.98. The minimum atomic E-state index is -0.717. The number of rotatable bonds is 7. The molecule has 1 atom stereocenters. The molecule has 0 aliphatic heterocycles. The topological polar surface area (TPSA) is 93.5 Å². The van der Waals surface area contributed by atoms with Crippen molar-refractivity contribution in [1.29, 1.82) is 0 Å². The van der Waals surface area contributed by atoms with Gasteiger partial charge in [-0.2, -0.15) is 0 Å². The fourth-order valence-electron chi connectivity index (χ4n) is 2.78. The fraction of sp³-hybridized carbons (Fsp3) is 0.0909. The molecule has 0 aliphatic carbocycles. The van der Waals surface area contributed by atoms with Crippen LogP contribution in [-0.2, 0) is 4.79 Å². The Kier molecular flexibility index (Phi) is 6.71. The summed E-state index contributed by atoms with van der Waals surface area (Å²) in [7, 11) is 0. The van der Waals surface area contributed by atoms with E-state index in [-0.39, 0.29) is 12.3 Å². The molecule has 0 heterocycles. The minimum Gasteiger partial charge on any atom is -0.455 e. The van der Waals surface area contributed by atoms with E-state index >= 15 is 0 Å². The van der Waals surface area contributed by atoms with Gasteiger partial charge in [-0.25, -0.2) is 4.79 Å². The van der Waals surface area contributed by atoms with Crippen molar-refractivity contribution in [3.05, 3.63) is 89.4 Å². The Bertz CT molecular complexity index is 978. The lowest BCUT2D eigenvalue weighted by Gasteiger charge is -2.18. The number of amides is 3. The SMILES string of the molecule is NC(=O)N[C@H](CC(=O)Nc1ccccc1Oc1ccccc1)c1ccc(Cl)cc1. The molecule has 6 nitrogen and oxygen atoms in total. The molecule has 0 spiro atoms.